The van der Waals surface area contributed by atoms with Crippen LogP contribution in [0.4, 0.5) is 22.7 Å². The Hall–Kier alpha value is -2.32. The number of hydrogen-bond donors (Lipinski definition) is 5. The van der Waals surface area contributed by atoms with E-state index in [1.807, 2.05) is 21.6 Å². The minimum Gasteiger partial charge on any atom is -0.356 e. The second-order valence-electron chi connectivity index (χ2n) is 7.21. The van der Waals surface area contributed by atoms with Crippen molar-refractivity contribution in [1.82, 2.24) is 0 Å². The lowest BCUT2D eigenvalue weighted by atomic mass is 10.3. The second kappa shape index (κ2) is 8.31. The fourth-order valence-electron chi connectivity index (χ4n) is 3.50. The summed E-state index contributed by atoms with van der Waals surface area (Å²) in [5.41, 5.74) is 4.72. The second-order valence-corrected chi connectivity index (χ2v) is 14.4. The highest BCUT2D eigenvalue weighted by molar-refractivity contribution is 8.86. The van der Waals surface area contributed by atoms with Crippen LogP contribution in [0.25, 0.3) is 0 Å². The van der Waals surface area contributed by atoms with Crippen LogP contribution in [0.15, 0.2) is 117 Å². The third-order valence-corrected chi connectivity index (χ3v) is 13.1. The zero-order valence-electron chi connectivity index (χ0n) is 16.4. The molecule has 4 aromatic carbocycles. The van der Waals surface area contributed by atoms with Crippen molar-refractivity contribution in [1.29, 1.82) is 0 Å². The highest BCUT2D eigenvalue weighted by atomic mass is 33.1. The van der Waals surface area contributed by atoms with E-state index in [1.165, 1.54) is 31.0 Å². The first-order chi connectivity index (χ1) is 15.3. The molecule has 156 valence electrons. The molecule has 6 rings (SSSR count). The molecular weight excluding hydrogens is 459 g/mol. The van der Waals surface area contributed by atoms with Gasteiger partial charge in [-0.3, -0.25) is 0 Å². The fraction of sp³-hybridized carbons (Fsp3) is 0. The van der Waals surface area contributed by atoms with E-state index < -0.39 is 20.2 Å². The Balaban J connectivity index is 1.11. The van der Waals surface area contributed by atoms with Crippen molar-refractivity contribution in [3.8, 4) is 0 Å². The van der Waals surface area contributed by atoms with Crippen molar-refractivity contribution in [3.05, 3.63) is 97.1 Å². The third-order valence-electron chi connectivity index (χ3n) is 5.09. The molecule has 0 aliphatic carbocycles. The summed E-state index contributed by atoms with van der Waals surface area (Å²) in [6, 6.07) is 34.7. The van der Waals surface area contributed by atoms with Crippen LogP contribution in [-0.4, -0.2) is 0 Å². The number of para-hydroxylation sites is 2. The zero-order valence-corrected chi connectivity index (χ0v) is 19.9. The predicted molar refractivity (Wildman–Crippen MR) is 143 cm³/mol. The monoisotopic (exact) mass is 479 g/mol. The molecule has 31 heavy (non-hydrogen) atoms. The van der Waals surface area contributed by atoms with Crippen LogP contribution < -0.4 is 14.8 Å². The molecule has 3 nitrogen and oxygen atoms in total. The Kier molecular flexibility index (Phi) is 5.20. The van der Waals surface area contributed by atoms with E-state index in [0.717, 1.165) is 11.4 Å². The zero-order chi connectivity index (χ0) is 20.6. The topological polar surface area (TPSA) is 36.1 Å². The SMILES string of the molecule is c1ccc2c(c1)N[SH](c1ccc(Nc3ccc([SH]4Nc5ccccc5S4)cc3)cc1)S2. The van der Waals surface area contributed by atoms with Gasteiger partial charge in [-0.05, 0) is 72.8 Å². The third kappa shape index (κ3) is 3.99. The van der Waals surface area contributed by atoms with Gasteiger partial charge in [0.2, 0.25) is 0 Å². The van der Waals surface area contributed by atoms with E-state index in [1.54, 1.807) is 0 Å². The molecule has 2 unspecified atom stereocenters. The molecule has 0 radical (unpaired) electrons. The van der Waals surface area contributed by atoms with Gasteiger partial charge in [-0.1, -0.05) is 66.1 Å². The van der Waals surface area contributed by atoms with Crippen molar-refractivity contribution < 1.29 is 0 Å². The smallest absolute Gasteiger partial charge is 0.0580 e. The van der Waals surface area contributed by atoms with E-state index in [4.69, 9.17) is 0 Å². The molecule has 0 saturated carbocycles. The molecule has 2 aliphatic heterocycles. The number of nitrogens with one attached hydrogen (secondary N) is 3. The quantitative estimate of drug-likeness (QED) is 0.150. The maximum absolute atomic E-state index is 3.66. The Morgan fingerprint density at radius 2 is 0.935 bits per heavy atom. The van der Waals surface area contributed by atoms with Crippen molar-refractivity contribution in [2.75, 3.05) is 14.8 Å². The van der Waals surface area contributed by atoms with Crippen LogP contribution in [-0.2, 0) is 0 Å². The standard InChI is InChI=1S/C24H21N3S4/c1-3-7-23-21(5-1)26-30(28-23)19-13-9-17(10-14-19)25-18-11-15-20(16-12-18)31-27-22-6-2-4-8-24(22)29-31/h1-16,25-27,30-31H. The van der Waals surface area contributed by atoms with Gasteiger partial charge >= 0.3 is 0 Å². The number of rotatable bonds is 4. The van der Waals surface area contributed by atoms with E-state index >= 15 is 0 Å². The normalized spacial score (nSPS) is 20.9. The van der Waals surface area contributed by atoms with Crippen LogP contribution in [0.5, 0.6) is 0 Å². The maximum Gasteiger partial charge on any atom is 0.0580 e. The predicted octanol–water partition coefficient (Wildman–Crippen LogP) is 8.25. The van der Waals surface area contributed by atoms with Gasteiger partial charge in [0.25, 0.3) is 0 Å². The Bertz CT molecular complexity index is 1080. The largest absolute Gasteiger partial charge is 0.356 e. The van der Waals surface area contributed by atoms with Gasteiger partial charge in [0.05, 0.1) is 11.4 Å². The van der Waals surface area contributed by atoms with E-state index in [9.17, 15) is 0 Å². The van der Waals surface area contributed by atoms with Gasteiger partial charge < -0.3 is 14.8 Å². The molecule has 0 bridgehead atoms. The summed E-state index contributed by atoms with van der Waals surface area (Å²) in [5, 5.41) is 3.53. The number of hydrogen-bond acceptors (Lipinski definition) is 5. The number of anilines is 4. The average Bonchev–Trinajstić information content (AvgIpc) is 3.44. The number of thiol groups is 2. The Morgan fingerprint density at radius 1 is 0.516 bits per heavy atom. The molecule has 7 heteroatoms. The minimum atomic E-state index is -0.436. The summed E-state index contributed by atoms with van der Waals surface area (Å²) in [4.78, 5) is 5.39. The van der Waals surface area contributed by atoms with E-state index in [-0.39, 0.29) is 0 Å². The fourth-order valence-corrected chi connectivity index (χ4v) is 11.3. The molecule has 0 aromatic heterocycles. The van der Waals surface area contributed by atoms with Crippen LogP contribution in [0.2, 0.25) is 0 Å². The lowest BCUT2D eigenvalue weighted by Crippen LogP contribution is -1.92. The van der Waals surface area contributed by atoms with Gasteiger partial charge in [0, 0.05) is 31.0 Å². The highest BCUT2D eigenvalue weighted by Crippen LogP contribution is 2.60. The van der Waals surface area contributed by atoms with E-state index in [0.29, 0.717) is 0 Å². The van der Waals surface area contributed by atoms with Crippen molar-refractivity contribution >= 4 is 64.6 Å². The molecule has 2 aliphatic rings. The summed E-state index contributed by atoms with van der Waals surface area (Å²) < 4.78 is 7.32. The number of benzene rings is 4. The first-order valence-electron chi connectivity index (χ1n) is 9.97. The summed E-state index contributed by atoms with van der Waals surface area (Å²) >= 11 is 0. The Labute approximate surface area is 195 Å². The van der Waals surface area contributed by atoms with Crippen molar-refractivity contribution in [3.63, 3.8) is 0 Å². The van der Waals surface area contributed by atoms with E-state index in [2.05, 4.69) is 112 Å². The summed E-state index contributed by atoms with van der Waals surface area (Å²) in [6.07, 6.45) is 0. The summed E-state index contributed by atoms with van der Waals surface area (Å²) in [6.45, 7) is 0. The molecule has 0 spiro atoms. The van der Waals surface area contributed by atoms with Crippen LogP contribution >= 0.6 is 41.8 Å². The molecule has 4 aromatic rings. The van der Waals surface area contributed by atoms with Crippen LogP contribution in [0.1, 0.15) is 0 Å². The van der Waals surface area contributed by atoms with Gasteiger partial charge in [-0.25, -0.2) is 0 Å². The summed E-state index contributed by atoms with van der Waals surface area (Å²) in [5.74, 6) is 0. The van der Waals surface area contributed by atoms with Crippen molar-refractivity contribution in [2.45, 2.75) is 19.6 Å². The minimum absolute atomic E-state index is 0.436. The molecule has 2 heterocycles. The first-order valence-corrected chi connectivity index (χ1v) is 15.5. The lowest BCUT2D eigenvalue weighted by Gasteiger charge is -2.17. The number of fused-ring (bicyclic) bond motifs is 2. The van der Waals surface area contributed by atoms with Gasteiger partial charge in [0.15, 0.2) is 0 Å². The molecular formula is C24H21N3S4. The summed E-state index contributed by atoms with van der Waals surface area (Å²) in [7, 11) is 3.00. The molecule has 0 amide bonds. The van der Waals surface area contributed by atoms with Gasteiger partial charge in [-0.15, -0.1) is 0 Å². The highest BCUT2D eigenvalue weighted by Gasteiger charge is 2.20. The molecule has 2 atom stereocenters. The molecule has 0 fully saturated rings. The average molecular weight is 480 g/mol. The van der Waals surface area contributed by atoms with Crippen LogP contribution in [0.3, 0.4) is 0 Å². The Morgan fingerprint density at radius 3 is 1.35 bits per heavy atom. The van der Waals surface area contributed by atoms with Crippen molar-refractivity contribution in [2.24, 2.45) is 0 Å². The van der Waals surface area contributed by atoms with Gasteiger partial charge in [0.1, 0.15) is 0 Å². The maximum atomic E-state index is 3.66. The first kappa shape index (κ1) is 19.4. The molecule has 3 N–H and O–H groups in total. The molecule has 0 saturated heterocycles. The van der Waals surface area contributed by atoms with Crippen LogP contribution in [0, 0.1) is 0 Å². The van der Waals surface area contributed by atoms with Gasteiger partial charge in [-0.2, -0.15) is 0 Å². The lowest BCUT2D eigenvalue weighted by molar-refractivity contribution is 1.41.